The van der Waals surface area contributed by atoms with E-state index >= 15 is 0 Å². The molecule has 1 saturated heterocycles. The van der Waals surface area contributed by atoms with Crippen LogP contribution in [0.2, 0.25) is 0 Å². The largest absolute Gasteiger partial charge is 0.461 e. The normalized spacial score (nSPS) is 15.8. The average molecular weight is 438 g/mol. The van der Waals surface area contributed by atoms with Crippen LogP contribution in [-0.4, -0.2) is 49.3 Å². The average Bonchev–Trinajstić information content (AvgIpc) is 3.17. The van der Waals surface area contributed by atoms with E-state index in [2.05, 4.69) is 10.3 Å². The molecule has 10 heteroatoms. The zero-order valence-electron chi connectivity index (χ0n) is 16.3. The van der Waals surface area contributed by atoms with E-state index in [1.165, 1.54) is 9.69 Å². The molecule has 3 rings (SSSR count). The number of sulfonamides is 1. The third kappa shape index (κ3) is 5.01. The molecule has 0 bridgehead atoms. The van der Waals surface area contributed by atoms with Crippen LogP contribution < -0.4 is 5.32 Å². The van der Waals surface area contributed by atoms with Crippen molar-refractivity contribution in [2.45, 2.75) is 31.6 Å². The molecule has 1 aliphatic rings. The first-order valence-corrected chi connectivity index (χ1v) is 11.6. The minimum atomic E-state index is -3.56. The van der Waals surface area contributed by atoms with Gasteiger partial charge in [0.25, 0.3) is 0 Å². The second kappa shape index (κ2) is 9.02. The van der Waals surface area contributed by atoms with Gasteiger partial charge >= 0.3 is 5.97 Å². The maximum absolute atomic E-state index is 12.8. The number of nitrogens with one attached hydrogen (secondary N) is 1. The Bertz CT molecular complexity index is 978. The molecule has 0 spiro atoms. The summed E-state index contributed by atoms with van der Waals surface area (Å²) in [5.41, 5.74) is 1.15. The number of nitrogens with zero attached hydrogens (tertiary/aromatic N) is 2. The molecule has 156 valence electrons. The number of hydrogen-bond donors (Lipinski definition) is 1. The minimum absolute atomic E-state index is 0.158. The van der Waals surface area contributed by atoms with Crippen LogP contribution in [0, 0.1) is 12.8 Å². The highest BCUT2D eigenvalue weighted by atomic mass is 32.2. The number of esters is 1. The number of aromatic nitrogens is 1. The van der Waals surface area contributed by atoms with E-state index in [1.807, 2.05) is 6.92 Å². The van der Waals surface area contributed by atoms with E-state index in [-0.39, 0.29) is 42.1 Å². The van der Waals surface area contributed by atoms with Crippen LogP contribution in [0.3, 0.4) is 0 Å². The van der Waals surface area contributed by atoms with Crippen LogP contribution in [-0.2, 0) is 19.6 Å². The summed E-state index contributed by atoms with van der Waals surface area (Å²) < 4.78 is 31.8. The first-order valence-electron chi connectivity index (χ1n) is 9.31. The lowest BCUT2D eigenvalue weighted by Gasteiger charge is -2.30. The first kappa shape index (κ1) is 21.4. The Balaban J connectivity index is 1.57. The van der Waals surface area contributed by atoms with E-state index in [9.17, 15) is 18.0 Å². The molecule has 1 aromatic carbocycles. The number of carbonyl (C=O) groups is 2. The number of hydrogen-bond acceptors (Lipinski definition) is 7. The van der Waals surface area contributed by atoms with Crippen LogP contribution in [0.5, 0.6) is 0 Å². The van der Waals surface area contributed by atoms with Crippen LogP contribution in [0.25, 0.3) is 0 Å². The molecule has 29 heavy (non-hydrogen) atoms. The Morgan fingerprint density at radius 3 is 2.52 bits per heavy atom. The van der Waals surface area contributed by atoms with Gasteiger partial charge < -0.3 is 10.1 Å². The fourth-order valence-corrected chi connectivity index (χ4v) is 5.21. The standard InChI is InChI=1S/C19H23N3O5S2/c1-3-27-18(24)16-12-28-19(20-16)21-17(23)14-8-10-22(11-9-14)29(25,26)15-6-4-13(2)5-7-15/h4-7,12,14H,3,8-11H2,1-2H3,(H,20,21,23). The summed E-state index contributed by atoms with van der Waals surface area (Å²) in [4.78, 5) is 28.5. The third-order valence-electron chi connectivity index (χ3n) is 4.70. The highest BCUT2D eigenvalue weighted by molar-refractivity contribution is 7.89. The lowest BCUT2D eigenvalue weighted by Crippen LogP contribution is -2.41. The van der Waals surface area contributed by atoms with Gasteiger partial charge in [-0.15, -0.1) is 11.3 Å². The zero-order chi connectivity index (χ0) is 21.0. The molecular formula is C19H23N3O5S2. The summed E-state index contributed by atoms with van der Waals surface area (Å²) in [5, 5.41) is 4.57. The summed E-state index contributed by atoms with van der Waals surface area (Å²) in [6.07, 6.45) is 0.847. The van der Waals surface area contributed by atoms with Gasteiger partial charge in [0.05, 0.1) is 11.5 Å². The number of piperidine rings is 1. The maximum atomic E-state index is 12.8. The molecule has 2 aromatic rings. The molecule has 1 aromatic heterocycles. The minimum Gasteiger partial charge on any atom is -0.461 e. The molecule has 1 amide bonds. The number of aryl methyl sites for hydroxylation is 1. The molecule has 8 nitrogen and oxygen atoms in total. The summed E-state index contributed by atoms with van der Waals surface area (Å²) >= 11 is 1.15. The van der Waals surface area contributed by atoms with Gasteiger partial charge in [-0.05, 0) is 38.8 Å². The van der Waals surface area contributed by atoms with Crippen molar-refractivity contribution in [3.63, 3.8) is 0 Å². The Labute approximate surface area is 173 Å². The van der Waals surface area contributed by atoms with Gasteiger partial charge in [0, 0.05) is 24.4 Å². The van der Waals surface area contributed by atoms with Crippen LogP contribution in [0.4, 0.5) is 5.13 Å². The molecule has 1 N–H and O–H groups in total. The molecule has 1 aliphatic heterocycles. The SMILES string of the molecule is CCOC(=O)c1csc(NC(=O)C2CCN(S(=O)(=O)c3ccc(C)cc3)CC2)n1. The van der Waals surface area contributed by atoms with E-state index in [0.29, 0.717) is 18.0 Å². The van der Waals surface area contributed by atoms with E-state index in [1.54, 1.807) is 31.2 Å². The number of carbonyl (C=O) groups excluding carboxylic acids is 2. The number of amides is 1. The van der Waals surface area contributed by atoms with E-state index < -0.39 is 16.0 Å². The van der Waals surface area contributed by atoms with Crippen molar-refractivity contribution in [1.82, 2.24) is 9.29 Å². The molecule has 0 radical (unpaired) electrons. The number of anilines is 1. The topological polar surface area (TPSA) is 106 Å². The Hall–Kier alpha value is -2.30. The predicted molar refractivity (Wildman–Crippen MR) is 109 cm³/mol. The zero-order valence-corrected chi connectivity index (χ0v) is 17.9. The smallest absolute Gasteiger partial charge is 0.357 e. The molecule has 0 atom stereocenters. The highest BCUT2D eigenvalue weighted by Crippen LogP contribution is 2.26. The fourth-order valence-electron chi connectivity index (χ4n) is 3.06. The van der Waals surface area contributed by atoms with E-state index in [4.69, 9.17) is 4.74 Å². The van der Waals surface area contributed by atoms with Crippen molar-refractivity contribution in [3.05, 3.63) is 40.9 Å². The van der Waals surface area contributed by atoms with Crippen molar-refractivity contribution in [3.8, 4) is 0 Å². The molecule has 2 heterocycles. The maximum Gasteiger partial charge on any atom is 0.357 e. The van der Waals surface area contributed by atoms with E-state index in [0.717, 1.165) is 16.9 Å². The molecular weight excluding hydrogens is 414 g/mol. The van der Waals surface area contributed by atoms with Crippen molar-refractivity contribution >= 4 is 38.4 Å². The Morgan fingerprint density at radius 2 is 1.90 bits per heavy atom. The van der Waals surface area contributed by atoms with Gasteiger partial charge in [-0.2, -0.15) is 4.31 Å². The first-order chi connectivity index (χ1) is 13.8. The Morgan fingerprint density at radius 1 is 1.24 bits per heavy atom. The molecule has 0 saturated carbocycles. The Kier molecular flexibility index (Phi) is 6.66. The van der Waals surface area contributed by atoms with Crippen LogP contribution in [0.15, 0.2) is 34.5 Å². The summed E-state index contributed by atoms with van der Waals surface area (Å²) in [6.45, 7) is 4.42. The molecule has 0 aliphatic carbocycles. The van der Waals surface area contributed by atoms with Gasteiger partial charge in [-0.1, -0.05) is 17.7 Å². The monoisotopic (exact) mass is 437 g/mol. The number of ether oxygens (including phenoxy) is 1. The fraction of sp³-hybridized carbons (Fsp3) is 0.421. The van der Waals surface area contributed by atoms with Gasteiger partial charge in [-0.3, -0.25) is 4.79 Å². The van der Waals surface area contributed by atoms with Gasteiger partial charge in [0.2, 0.25) is 15.9 Å². The predicted octanol–water partition coefficient (Wildman–Crippen LogP) is 2.67. The summed E-state index contributed by atoms with van der Waals surface area (Å²) in [7, 11) is -3.56. The highest BCUT2D eigenvalue weighted by Gasteiger charge is 2.32. The van der Waals surface area contributed by atoms with Gasteiger partial charge in [0.1, 0.15) is 0 Å². The van der Waals surface area contributed by atoms with Crippen molar-refractivity contribution in [1.29, 1.82) is 0 Å². The van der Waals surface area contributed by atoms with Crippen LogP contribution >= 0.6 is 11.3 Å². The third-order valence-corrected chi connectivity index (χ3v) is 7.37. The van der Waals surface area contributed by atoms with Crippen molar-refractivity contribution in [2.75, 3.05) is 25.0 Å². The molecule has 0 unspecified atom stereocenters. The van der Waals surface area contributed by atoms with Crippen molar-refractivity contribution in [2.24, 2.45) is 5.92 Å². The summed E-state index contributed by atoms with van der Waals surface area (Å²) in [5.74, 6) is -1.06. The lowest BCUT2D eigenvalue weighted by atomic mass is 9.97. The second-order valence-corrected chi connectivity index (χ2v) is 9.54. The van der Waals surface area contributed by atoms with Gasteiger partial charge in [-0.25, -0.2) is 18.2 Å². The van der Waals surface area contributed by atoms with Crippen LogP contribution in [0.1, 0.15) is 35.8 Å². The number of benzene rings is 1. The van der Waals surface area contributed by atoms with Crippen molar-refractivity contribution < 1.29 is 22.7 Å². The van der Waals surface area contributed by atoms with Gasteiger partial charge in [0.15, 0.2) is 10.8 Å². The summed E-state index contributed by atoms with van der Waals surface area (Å²) in [6, 6.07) is 6.75. The second-order valence-electron chi connectivity index (χ2n) is 6.74. The lowest BCUT2D eigenvalue weighted by molar-refractivity contribution is -0.120. The number of thiazole rings is 1. The quantitative estimate of drug-likeness (QED) is 0.697. The molecule has 1 fully saturated rings. The number of rotatable bonds is 6.